The van der Waals surface area contributed by atoms with Gasteiger partial charge in [0, 0.05) is 12.6 Å². The predicted octanol–water partition coefficient (Wildman–Crippen LogP) is 2.42. The van der Waals surface area contributed by atoms with Gasteiger partial charge in [-0.3, -0.25) is 4.79 Å². The van der Waals surface area contributed by atoms with Crippen LogP contribution in [-0.2, 0) is 21.2 Å². The molecule has 2 aromatic rings. The first-order chi connectivity index (χ1) is 12.7. The van der Waals surface area contributed by atoms with E-state index >= 15 is 0 Å². The summed E-state index contributed by atoms with van der Waals surface area (Å²) in [6.07, 6.45) is 1.35. The smallest absolute Gasteiger partial charge is 0.239 e. The van der Waals surface area contributed by atoms with Gasteiger partial charge in [-0.25, -0.2) is 17.2 Å². The van der Waals surface area contributed by atoms with Crippen LogP contribution in [0.1, 0.15) is 5.56 Å². The summed E-state index contributed by atoms with van der Waals surface area (Å²) in [4.78, 5) is 12.1. The number of nitrogens with zero attached hydrogens (tertiary/aromatic N) is 1. The fourth-order valence-corrected chi connectivity index (χ4v) is 3.16. The van der Waals surface area contributed by atoms with Crippen molar-refractivity contribution in [1.29, 1.82) is 0 Å². The SMILES string of the molecule is COc1cccc(CCN(CC(=O)Nc2ccc(F)cc2F)S(C)(=O)=O)c1. The molecule has 0 aliphatic carbocycles. The fraction of sp³-hybridized carbons (Fsp3) is 0.278. The second-order valence-corrected chi connectivity index (χ2v) is 7.85. The van der Waals surface area contributed by atoms with Crippen molar-refractivity contribution in [2.75, 3.05) is 31.8 Å². The molecule has 0 saturated carbocycles. The quantitative estimate of drug-likeness (QED) is 0.741. The average Bonchev–Trinajstić information content (AvgIpc) is 2.60. The van der Waals surface area contributed by atoms with Gasteiger partial charge >= 0.3 is 0 Å². The van der Waals surface area contributed by atoms with Gasteiger partial charge in [0.05, 0.1) is 25.6 Å². The van der Waals surface area contributed by atoms with E-state index in [2.05, 4.69) is 5.32 Å². The number of carbonyl (C=O) groups is 1. The Morgan fingerprint density at radius 3 is 2.56 bits per heavy atom. The molecule has 2 rings (SSSR count). The Balaban J connectivity index is 2.04. The molecule has 0 aliphatic rings. The summed E-state index contributed by atoms with van der Waals surface area (Å²) in [6.45, 7) is -0.426. The monoisotopic (exact) mass is 398 g/mol. The number of sulfonamides is 1. The van der Waals surface area contributed by atoms with E-state index in [0.29, 0.717) is 18.2 Å². The number of nitrogens with one attached hydrogen (secondary N) is 1. The molecular formula is C18H20F2N2O4S. The van der Waals surface area contributed by atoms with Crippen molar-refractivity contribution >= 4 is 21.6 Å². The van der Waals surface area contributed by atoms with Crippen LogP contribution >= 0.6 is 0 Å². The molecule has 0 atom stereocenters. The molecule has 0 heterocycles. The van der Waals surface area contributed by atoms with Crippen LogP contribution in [0.5, 0.6) is 5.75 Å². The van der Waals surface area contributed by atoms with Crippen molar-refractivity contribution in [3.63, 3.8) is 0 Å². The van der Waals surface area contributed by atoms with Gasteiger partial charge in [0.2, 0.25) is 15.9 Å². The van der Waals surface area contributed by atoms with E-state index in [-0.39, 0.29) is 12.2 Å². The topological polar surface area (TPSA) is 75.7 Å². The zero-order valence-corrected chi connectivity index (χ0v) is 15.7. The second-order valence-electron chi connectivity index (χ2n) is 5.87. The van der Waals surface area contributed by atoms with Gasteiger partial charge < -0.3 is 10.1 Å². The number of rotatable bonds is 8. The summed E-state index contributed by atoms with van der Waals surface area (Å²) in [5.74, 6) is -1.80. The standard InChI is InChI=1S/C18H20F2N2O4S/c1-26-15-5-3-4-13(10-15)8-9-22(27(2,24)25)12-18(23)21-17-7-6-14(19)11-16(17)20/h3-7,10-11H,8-9,12H2,1-2H3,(H,21,23). The normalized spacial score (nSPS) is 11.4. The molecule has 1 N–H and O–H groups in total. The predicted molar refractivity (Wildman–Crippen MR) is 98.1 cm³/mol. The number of ether oxygens (including phenoxy) is 1. The van der Waals surface area contributed by atoms with Crippen molar-refractivity contribution in [3.8, 4) is 5.75 Å². The Morgan fingerprint density at radius 2 is 1.93 bits per heavy atom. The summed E-state index contributed by atoms with van der Waals surface area (Å²) >= 11 is 0. The lowest BCUT2D eigenvalue weighted by Crippen LogP contribution is -2.38. The number of hydrogen-bond acceptors (Lipinski definition) is 4. The number of amides is 1. The van der Waals surface area contributed by atoms with Crippen LogP contribution in [0.3, 0.4) is 0 Å². The largest absolute Gasteiger partial charge is 0.497 e. The zero-order valence-electron chi connectivity index (χ0n) is 14.9. The molecule has 0 unspecified atom stereocenters. The number of carbonyl (C=O) groups excluding carboxylic acids is 1. The molecule has 1 amide bonds. The molecule has 9 heteroatoms. The molecule has 6 nitrogen and oxygen atoms in total. The van der Waals surface area contributed by atoms with Crippen LogP contribution in [-0.4, -0.2) is 45.1 Å². The third-order valence-corrected chi connectivity index (χ3v) is 5.03. The summed E-state index contributed by atoms with van der Waals surface area (Å²) in [7, 11) is -2.14. The fourth-order valence-electron chi connectivity index (χ4n) is 2.38. The third kappa shape index (κ3) is 6.30. The lowest BCUT2D eigenvalue weighted by Gasteiger charge is -2.19. The molecule has 0 spiro atoms. The van der Waals surface area contributed by atoms with Crippen molar-refractivity contribution in [2.45, 2.75) is 6.42 Å². The first-order valence-electron chi connectivity index (χ1n) is 8.02. The first kappa shape index (κ1) is 20.8. The van der Waals surface area contributed by atoms with Crippen LogP contribution in [0.4, 0.5) is 14.5 Å². The third-order valence-electron chi connectivity index (χ3n) is 3.78. The Bertz CT molecular complexity index is 919. The van der Waals surface area contributed by atoms with Crippen LogP contribution in [0, 0.1) is 11.6 Å². The van der Waals surface area contributed by atoms with Crippen LogP contribution < -0.4 is 10.1 Å². The van der Waals surface area contributed by atoms with Gasteiger partial charge in [0.15, 0.2) is 0 Å². The molecule has 0 saturated heterocycles. The lowest BCUT2D eigenvalue weighted by molar-refractivity contribution is -0.116. The van der Waals surface area contributed by atoms with E-state index in [1.165, 1.54) is 7.11 Å². The van der Waals surface area contributed by atoms with Gasteiger partial charge in [-0.15, -0.1) is 0 Å². The highest BCUT2D eigenvalue weighted by molar-refractivity contribution is 7.88. The van der Waals surface area contributed by atoms with E-state index in [4.69, 9.17) is 4.74 Å². The maximum absolute atomic E-state index is 13.6. The minimum atomic E-state index is -3.67. The van der Waals surface area contributed by atoms with E-state index < -0.39 is 34.1 Å². The highest BCUT2D eigenvalue weighted by Crippen LogP contribution is 2.16. The lowest BCUT2D eigenvalue weighted by atomic mass is 10.1. The zero-order chi connectivity index (χ0) is 20.0. The van der Waals surface area contributed by atoms with E-state index in [1.807, 2.05) is 6.07 Å². The minimum absolute atomic E-state index is 0.0608. The second kappa shape index (κ2) is 8.92. The van der Waals surface area contributed by atoms with Crippen LogP contribution in [0.2, 0.25) is 0 Å². The number of hydrogen-bond donors (Lipinski definition) is 1. The maximum atomic E-state index is 13.6. The average molecular weight is 398 g/mol. The molecule has 27 heavy (non-hydrogen) atoms. The molecule has 0 radical (unpaired) electrons. The van der Waals surface area contributed by atoms with E-state index in [9.17, 15) is 22.0 Å². The number of benzene rings is 2. The van der Waals surface area contributed by atoms with Crippen molar-refractivity contribution in [3.05, 3.63) is 59.7 Å². The minimum Gasteiger partial charge on any atom is -0.497 e. The summed E-state index contributed by atoms with van der Waals surface area (Å²) in [5.41, 5.74) is 0.621. The first-order valence-corrected chi connectivity index (χ1v) is 9.87. The Morgan fingerprint density at radius 1 is 1.19 bits per heavy atom. The maximum Gasteiger partial charge on any atom is 0.239 e. The van der Waals surface area contributed by atoms with E-state index in [0.717, 1.165) is 28.3 Å². The van der Waals surface area contributed by atoms with Gasteiger partial charge in [-0.1, -0.05) is 12.1 Å². The van der Waals surface area contributed by atoms with Gasteiger partial charge in [-0.2, -0.15) is 4.31 Å². The van der Waals surface area contributed by atoms with Gasteiger partial charge in [0.1, 0.15) is 17.4 Å². The Labute approximate surface area is 156 Å². The molecule has 0 aliphatic heterocycles. The van der Waals surface area contributed by atoms with Crippen molar-refractivity contribution in [1.82, 2.24) is 4.31 Å². The summed E-state index contributed by atoms with van der Waals surface area (Å²) in [6, 6.07) is 9.84. The molecular weight excluding hydrogens is 378 g/mol. The molecule has 146 valence electrons. The van der Waals surface area contributed by atoms with Gasteiger partial charge in [-0.05, 0) is 36.2 Å². The molecule has 2 aromatic carbocycles. The molecule has 0 aromatic heterocycles. The van der Waals surface area contributed by atoms with Crippen LogP contribution in [0.25, 0.3) is 0 Å². The number of methoxy groups -OCH3 is 1. The van der Waals surface area contributed by atoms with Crippen LogP contribution in [0.15, 0.2) is 42.5 Å². The highest BCUT2D eigenvalue weighted by atomic mass is 32.2. The summed E-state index contributed by atoms with van der Waals surface area (Å²) in [5, 5.41) is 2.25. The molecule has 0 fully saturated rings. The molecule has 0 bridgehead atoms. The van der Waals surface area contributed by atoms with Gasteiger partial charge in [0.25, 0.3) is 0 Å². The Kier molecular flexibility index (Phi) is 6.86. The highest BCUT2D eigenvalue weighted by Gasteiger charge is 2.21. The van der Waals surface area contributed by atoms with Crippen molar-refractivity contribution in [2.24, 2.45) is 0 Å². The summed E-state index contributed by atoms with van der Waals surface area (Å²) < 4.78 is 56.6. The number of halogens is 2. The Hall–Kier alpha value is -2.52. The van der Waals surface area contributed by atoms with Crippen molar-refractivity contribution < 1.29 is 26.7 Å². The van der Waals surface area contributed by atoms with E-state index in [1.54, 1.807) is 18.2 Å². The number of anilines is 1.